The summed E-state index contributed by atoms with van der Waals surface area (Å²) in [5.74, 6) is -2.30. The molecule has 0 amide bonds. The predicted octanol–water partition coefficient (Wildman–Crippen LogP) is -0.319. The molecule has 0 heterocycles. The van der Waals surface area contributed by atoms with Crippen molar-refractivity contribution >= 4 is 11.9 Å². The molecule has 0 spiro atoms. The summed E-state index contributed by atoms with van der Waals surface area (Å²) in [4.78, 5) is 19.4. The Morgan fingerprint density at radius 1 is 0.933 bits per heavy atom. The van der Waals surface area contributed by atoms with Crippen LogP contribution < -0.4 is 0 Å². The molecular formula is C8H16O6Zn. The minimum absolute atomic E-state index is 0. The zero-order valence-electron chi connectivity index (χ0n) is 8.88. The number of carboxylic acids is 2. The first kappa shape index (κ1) is 20.0. The van der Waals surface area contributed by atoms with Gasteiger partial charge in [-0.05, 0) is 12.8 Å². The Labute approximate surface area is 101 Å². The fourth-order valence-corrected chi connectivity index (χ4v) is 0.349. The summed E-state index contributed by atoms with van der Waals surface area (Å²) in [7, 11) is 0. The van der Waals surface area contributed by atoms with Crippen molar-refractivity contribution in [3.8, 4) is 0 Å². The van der Waals surface area contributed by atoms with Gasteiger partial charge in [-0.2, -0.15) is 0 Å². The zero-order valence-corrected chi connectivity index (χ0v) is 11.8. The molecule has 4 N–H and O–H groups in total. The third kappa shape index (κ3) is 13.5. The number of hydrogen-bond acceptors (Lipinski definition) is 4. The number of carbonyl (C=O) groups is 2. The van der Waals surface area contributed by atoms with Gasteiger partial charge in [0, 0.05) is 19.5 Å². The predicted molar refractivity (Wildman–Crippen MR) is 47.9 cm³/mol. The number of aliphatic hydroxyl groups is 2. The maximum Gasteiger partial charge on any atom is 0.332 e. The second kappa shape index (κ2) is 11.6. The van der Waals surface area contributed by atoms with Crippen LogP contribution in [0.2, 0.25) is 0 Å². The minimum Gasteiger partial charge on any atom is -0.479 e. The molecule has 0 rings (SSSR count). The van der Waals surface area contributed by atoms with E-state index in [9.17, 15) is 9.59 Å². The number of carboxylic acid groups (broad SMARTS) is 2. The summed E-state index contributed by atoms with van der Waals surface area (Å²) in [6, 6.07) is 0. The van der Waals surface area contributed by atoms with Crippen LogP contribution in [0.1, 0.15) is 26.7 Å². The zero-order chi connectivity index (χ0) is 11.7. The number of rotatable bonds is 4. The van der Waals surface area contributed by atoms with Gasteiger partial charge in [0.05, 0.1) is 0 Å². The largest absolute Gasteiger partial charge is 0.479 e. The van der Waals surface area contributed by atoms with Crippen molar-refractivity contribution in [3.05, 3.63) is 0 Å². The molecule has 7 heteroatoms. The monoisotopic (exact) mass is 272 g/mol. The molecule has 0 aliphatic carbocycles. The van der Waals surface area contributed by atoms with E-state index in [-0.39, 0.29) is 32.3 Å². The van der Waals surface area contributed by atoms with E-state index in [0.29, 0.717) is 0 Å². The summed E-state index contributed by atoms with van der Waals surface area (Å²) in [6.07, 6.45) is -1.81. The molecule has 86 valence electrons. The van der Waals surface area contributed by atoms with E-state index in [1.165, 1.54) is 0 Å². The maximum absolute atomic E-state index is 9.68. The van der Waals surface area contributed by atoms with E-state index in [0.717, 1.165) is 0 Å². The van der Waals surface area contributed by atoms with Crippen molar-refractivity contribution in [2.24, 2.45) is 0 Å². The summed E-state index contributed by atoms with van der Waals surface area (Å²) in [5, 5.41) is 32.5. The number of hydrogen-bond donors (Lipinski definition) is 4. The number of aliphatic hydroxyl groups excluding tert-OH is 2. The minimum atomic E-state index is -1.18. The van der Waals surface area contributed by atoms with Crippen LogP contribution in [-0.4, -0.2) is 44.6 Å². The van der Waals surface area contributed by atoms with Gasteiger partial charge in [-0.3, -0.25) is 0 Å². The molecule has 2 unspecified atom stereocenters. The van der Waals surface area contributed by atoms with Crippen LogP contribution in [0.25, 0.3) is 0 Å². The van der Waals surface area contributed by atoms with Crippen LogP contribution in [-0.2, 0) is 29.1 Å². The Morgan fingerprint density at radius 3 is 1.13 bits per heavy atom. The van der Waals surface area contributed by atoms with E-state index in [2.05, 4.69) is 0 Å². The Bertz CT molecular complexity index is 164. The van der Waals surface area contributed by atoms with E-state index in [4.69, 9.17) is 20.4 Å². The van der Waals surface area contributed by atoms with E-state index < -0.39 is 24.1 Å². The van der Waals surface area contributed by atoms with Gasteiger partial charge in [-0.15, -0.1) is 0 Å². The molecule has 6 nitrogen and oxygen atoms in total. The normalized spacial score (nSPS) is 12.5. The number of aliphatic carboxylic acids is 2. The van der Waals surface area contributed by atoms with Crippen LogP contribution in [0.15, 0.2) is 0 Å². The quantitative estimate of drug-likeness (QED) is 0.522. The smallest absolute Gasteiger partial charge is 0.332 e. The van der Waals surface area contributed by atoms with Crippen molar-refractivity contribution in [1.29, 1.82) is 0 Å². The van der Waals surface area contributed by atoms with Crippen LogP contribution >= 0.6 is 0 Å². The summed E-state index contributed by atoms with van der Waals surface area (Å²) in [5.41, 5.74) is 0. The maximum atomic E-state index is 9.68. The standard InChI is InChI=1S/2C4H8O3.Zn/c2*1-2-3(5)4(6)7;/h2*3,5H,2H2,1H3,(H,6,7);. The average Bonchev–Trinajstić information content (AvgIpc) is 2.15. The van der Waals surface area contributed by atoms with Crippen LogP contribution in [0.5, 0.6) is 0 Å². The van der Waals surface area contributed by atoms with Gasteiger partial charge in [-0.1, -0.05) is 13.8 Å². The molecule has 0 aromatic rings. The molecular weight excluding hydrogens is 257 g/mol. The molecule has 0 aromatic heterocycles. The first-order valence-electron chi connectivity index (χ1n) is 4.18. The fraction of sp³-hybridized carbons (Fsp3) is 0.750. The third-order valence-electron chi connectivity index (χ3n) is 1.34. The molecule has 2 atom stereocenters. The van der Waals surface area contributed by atoms with Gasteiger partial charge >= 0.3 is 11.9 Å². The second-order valence-electron chi connectivity index (χ2n) is 2.52. The molecule has 0 aliphatic heterocycles. The molecule has 0 radical (unpaired) electrons. The van der Waals surface area contributed by atoms with Gasteiger partial charge in [0.25, 0.3) is 0 Å². The van der Waals surface area contributed by atoms with Crippen molar-refractivity contribution in [2.75, 3.05) is 0 Å². The molecule has 0 saturated carbocycles. The molecule has 0 fully saturated rings. The van der Waals surface area contributed by atoms with Gasteiger partial charge in [0.1, 0.15) is 0 Å². The molecule has 0 bridgehead atoms. The Hall–Kier alpha value is -0.517. The van der Waals surface area contributed by atoms with Crippen LogP contribution in [0.4, 0.5) is 0 Å². The summed E-state index contributed by atoms with van der Waals surface area (Å²) in [6.45, 7) is 3.22. The van der Waals surface area contributed by atoms with Gasteiger partial charge in [0.15, 0.2) is 12.2 Å². The Kier molecular flexibility index (Phi) is 15.4. The van der Waals surface area contributed by atoms with Crippen molar-refractivity contribution in [1.82, 2.24) is 0 Å². The van der Waals surface area contributed by atoms with Crippen LogP contribution in [0, 0.1) is 0 Å². The Balaban J connectivity index is -0.000000180. The first-order chi connectivity index (χ1) is 6.36. The van der Waals surface area contributed by atoms with Crippen molar-refractivity contribution in [3.63, 3.8) is 0 Å². The van der Waals surface area contributed by atoms with E-state index in [1.54, 1.807) is 13.8 Å². The second-order valence-corrected chi connectivity index (χ2v) is 2.52. The van der Waals surface area contributed by atoms with Crippen molar-refractivity contribution in [2.45, 2.75) is 38.9 Å². The Morgan fingerprint density at radius 2 is 1.13 bits per heavy atom. The molecule has 0 aliphatic rings. The van der Waals surface area contributed by atoms with Crippen LogP contribution in [0.3, 0.4) is 0 Å². The van der Waals surface area contributed by atoms with Gasteiger partial charge in [-0.25, -0.2) is 9.59 Å². The van der Waals surface area contributed by atoms with Gasteiger partial charge < -0.3 is 20.4 Å². The molecule has 15 heavy (non-hydrogen) atoms. The molecule has 0 saturated heterocycles. The first-order valence-corrected chi connectivity index (χ1v) is 4.18. The topological polar surface area (TPSA) is 115 Å². The van der Waals surface area contributed by atoms with Crippen molar-refractivity contribution < 1.29 is 49.5 Å². The fourth-order valence-electron chi connectivity index (χ4n) is 0.349. The third-order valence-corrected chi connectivity index (χ3v) is 1.34. The summed E-state index contributed by atoms with van der Waals surface area (Å²) >= 11 is 0. The van der Waals surface area contributed by atoms with E-state index in [1.807, 2.05) is 0 Å². The average molecular weight is 274 g/mol. The molecule has 0 aromatic carbocycles. The van der Waals surface area contributed by atoms with Gasteiger partial charge in [0.2, 0.25) is 0 Å². The van der Waals surface area contributed by atoms with E-state index >= 15 is 0 Å². The summed E-state index contributed by atoms with van der Waals surface area (Å²) < 4.78 is 0. The SMILES string of the molecule is CCC(O)C(=O)O.CCC(O)C(=O)O.[Zn].